The third kappa shape index (κ3) is 4.47. The van der Waals surface area contributed by atoms with E-state index in [9.17, 15) is 18.7 Å². The molecule has 1 saturated carbocycles. The van der Waals surface area contributed by atoms with Crippen LogP contribution in [0.1, 0.15) is 47.7 Å². The first-order valence-corrected chi connectivity index (χ1v) is 12.5. The summed E-state index contributed by atoms with van der Waals surface area (Å²) >= 11 is 0. The average molecular weight is 515 g/mol. The molecule has 6 nitrogen and oxygen atoms in total. The molecule has 0 bridgehead atoms. The lowest BCUT2D eigenvalue weighted by Gasteiger charge is -2.20. The Balaban J connectivity index is 1.23. The van der Waals surface area contributed by atoms with E-state index in [2.05, 4.69) is 9.98 Å². The Hall–Kier alpha value is -4.33. The number of aromatic carboxylic acids is 1. The van der Waals surface area contributed by atoms with Crippen molar-refractivity contribution in [2.75, 3.05) is 6.61 Å². The summed E-state index contributed by atoms with van der Waals surface area (Å²) in [7, 11) is 0. The van der Waals surface area contributed by atoms with E-state index in [0.717, 1.165) is 46.9 Å². The molecular formula is C30H24F2N2O4. The molecular weight excluding hydrogens is 490 g/mol. The van der Waals surface area contributed by atoms with E-state index < -0.39 is 17.6 Å². The van der Waals surface area contributed by atoms with Crippen molar-refractivity contribution in [3.63, 3.8) is 0 Å². The Labute approximate surface area is 218 Å². The van der Waals surface area contributed by atoms with Crippen LogP contribution in [0.2, 0.25) is 0 Å². The summed E-state index contributed by atoms with van der Waals surface area (Å²) < 4.78 is 39.7. The summed E-state index contributed by atoms with van der Waals surface area (Å²) in [6.07, 6.45) is 9.30. The number of fused-ring (bicyclic) bond motifs is 2. The van der Waals surface area contributed by atoms with Crippen molar-refractivity contribution in [3.05, 3.63) is 106 Å². The molecule has 0 spiro atoms. The summed E-state index contributed by atoms with van der Waals surface area (Å²) in [6, 6.07) is 9.04. The van der Waals surface area contributed by atoms with E-state index in [0.29, 0.717) is 30.2 Å². The minimum absolute atomic E-state index is 0.0166. The summed E-state index contributed by atoms with van der Waals surface area (Å²) in [6.45, 7) is 2.42. The maximum atomic E-state index is 14.3. The number of carboxylic acids is 1. The zero-order chi connectivity index (χ0) is 26.4. The highest BCUT2D eigenvalue weighted by atomic mass is 19.2. The zero-order valence-electron chi connectivity index (χ0n) is 20.6. The second kappa shape index (κ2) is 9.52. The van der Waals surface area contributed by atoms with E-state index in [1.54, 1.807) is 24.4 Å². The molecule has 2 aromatic rings. The molecule has 4 aliphatic rings. The third-order valence-electron chi connectivity index (χ3n) is 6.78. The molecule has 0 radical (unpaired) electrons. The molecule has 0 amide bonds. The van der Waals surface area contributed by atoms with E-state index in [1.807, 2.05) is 25.1 Å². The monoisotopic (exact) mass is 514 g/mol. The molecule has 1 fully saturated rings. The highest BCUT2D eigenvalue weighted by Crippen LogP contribution is 2.46. The number of carbonyl (C=O) groups is 1. The molecule has 2 aromatic carbocycles. The van der Waals surface area contributed by atoms with Crippen molar-refractivity contribution in [1.29, 1.82) is 0 Å². The first-order valence-electron chi connectivity index (χ1n) is 12.5. The molecule has 8 heteroatoms. The first kappa shape index (κ1) is 24.0. The number of dihydropyridines is 1. The molecule has 3 aliphatic heterocycles. The molecule has 0 saturated heterocycles. The number of hydrogen-bond donors (Lipinski definition) is 1. The standard InChI is InChI=1S/C30H24F2N2O4/c1-2-8-37-27-7-6-16(9-23(27)30(35)36)21-13-19(38-28-14-22(21)28)11-18-12-25-17(15-33-18)10-26(34-25)20-4-3-5-24(31)29(20)32/h3-7,9-10,12-13,15,18,28H,2,8,11,14H2,1H3,(H,35,36). The quantitative estimate of drug-likeness (QED) is 0.465. The van der Waals surface area contributed by atoms with Crippen molar-refractivity contribution >= 4 is 23.5 Å². The van der Waals surface area contributed by atoms with Gasteiger partial charge < -0.3 is 14.6 Å². The van der Waals surface area contributed by atoms with Crippen LogP contribution in [0.5, 0.6) is 5.75 Å². The SMILES string of the molecule is CCCOc1ccc(C2=C3CC3OC(CC3C=C4N=C(c5cccc(F)c5F)C=C4C=N3)=C2)cc1C(=O)O. The number of aliphatic imine (C=N–C) groups is 2. The topological polar surface area (TPSA) is 80.5 Å². The number of benzene rings is 2. The normalized spacial score (nSPS) is 21.0. The van der Waals surface area contributed by atoms with Gasteiger partial charge in [-0.3, -0.25) is 4.99 Å². The van der Waals surface area contributed by atoms with Gasteiger partial charge in [0.1, 0.15) is 17.4 Å². The number of nitrogens with zero attached hydrogens (tertiary/aromatic N) is 2. The van der Waals surface area contributed by atoms with Gasteiger partial charge >= 0.3 is 5.97 Å². The molecule has 192 valence electrons. The maximum Gasteiger partial charge on any atom is 0.339 e. The lowest BCUT2D eigenvalue weighted by atomic mass is 9.98. The van der Waals surface area contributed by atoms with Crippen LogP contribution >= 0.6 is 0 Å². The number of rotatable bonds is 8. The van der Waals surface area contributed by atoms with Crippen LogP contribution in [0.4, 0.5) is 8.78 Å². The van der Waals surface area contributed by atoms with Crippen LogP contribution in [-0.4, -0.2) is 41.8 Å². The second-order valence-corrected chi connectivity index (χ2v) is 9.52. The summed E-state index contributed by atoms with van der Waals surface area (Å²) in [5.41, 5.74) is 4.93. The Morgan fingerprint density at radius 2 is 2.08 bits per heavy atom. The van der Waals surface area contributed by atoms with Gasteiger partial charge in [0.15, 0.2) is 11.6 Å². The van der Waals surface area contributed by atoms with Gasteiger partial charge in [0.05, 0.1) is 29.8 Å². The summed E-state index contributed by atoms with van der Waals surface area (Å²) in [5, 5.41) is 9.71. The van der Waals surface area contributed by atoms with E-state index in [1.165, 1.54) is 12.1 Å². The fourth-order valence-electron chi connectivity index (χ4n) is 4.83. The molecule has 6 rings (SSSR count). The van der Waals surface area contributed by atoms with Crippen LogP contribution in [-0.2, 0) is 4.74 Å². The third-order valence-corrected chi connectivity index (χ3v) is 6.78. The van der Waals surface area contributed by atoms with E-state index >= 15 is 0 Å². The predicted octanol–water partition coefficient (Wildman–Crippen LogP) is 6.05. The number of ether oxygens (including phenoxy) is 2. The molecule has 38 heavy (non-hydrogen) atoms. The molecule has 3 heterocycles. The van der Waals surface area contributed by atoms with Gasteiger partial charge in [-0.25, -0.2) is 18.6 Å². The molecule has 2 atom stereocenters. The lowest BCUT2D eigenvalue weighted by Crippen LogP contribution is -2.12. The molecule has 1 N–H and O–H groups in total. The van der Waals surface area contributed by atoms with E-state index in [4.69, 9.17) is 9.47 Å². The zero-order valence-corrected chi connectivity index (χ0v) is 20.6. The largest absolute Gasteiger partial charge is 0.493 e. The van der Waals surface area contributed by atoms with Gasteiger partial charge in [0, 0.05) is 30.2 Å². The number of carboxylic acid groups (broad SMARTS) is 1. The Morgan fingerprint density at radius 3 is 2.89 bits per heavy atom. The van der Waals surface area contributed by atoms with Crippen molar-refractivity contribution < 1.29 is 28.2 Å². The fraction of sp³-hybridized carbons (Fsp3) is 0.233. The number of halogens is 2. The summed E-state index contributed by atoms with van der Waals surface area (Å²) in [5.74, 6) is -1.76. The lowest BCUT2D eigenvalue weighted by molar-refractivity contribution is 0.0692. The summed E-state index contributed by atoms with van der Waals surface area (Å²) in [4.78, 5) is 21.0. The second-order valence-electron chi connectivity index (χ2n) is 9.52. The van der Waals surface area contributed by atoms with Gasteiger partial charge in [-0.15, -0.1) is 0 Å². The van der Waals surface area contributed by atoms with Gasteiger partial charge in [-0.05, 0) is 65.6 Å². The predicted molar refractivity (Wildman–Crippen MR) is 140 cm³/mol. The van der Waals surface area contributed by atoms with Gasteiger partial charge in [0.2, 0.25) is 0 Å². The van der Waals surface area contributed by atoms with Crippen LogP contribution in [0.25, 0.3) is 5.57 Å². The van der Waals surface area contributed by atoms with Crippen molar-refractivity contribution in [2.45, 2.75) is 38.3 Å². The van der Waals surface area contributed by atoms with E-state index in [-0.39, 0.29) is 23.3 Å². The fourth-order valence-corrected chi connectivity index (χ4v) is 4.83. The Bertz CT molecular complexity index is 1550. The smallest absolute Gasteiger partial charge is 0.339 e. The highest BCUT2D eigenvalue weighted by molar-refractivity contribution is 6.16. The Kier molecular flexibility index (Phi) is 6.02. The number of hydrogen-bond acceptors (Lipinski definition) is 5. The van der Waals surface area contributed by atoms with Crippen LogP contribution in [0.15, 0.2) is 87.2 Å². The minimum Gasteiger partial charge on any atom is -0.493 e. The molecule has 2 unspecified atom stereocenters. The van der Waals surface area contributed by atoms with Crippen molar-refractivity contribution in [3.8, 4) is 5.75 Å². The molecule has 1 aliphatic carbocycles. The van der Waals surface area contributed by atoms with Gasteiger partial charge in [0.25, 0.3) is 0 Å². The van der Waals surface area contributed by atoms with Crippen LogP contribution < -0.4 is 4.74 Å². The number of allylic oxidation sites excluding steroid dienone is 4. The van der Waals surface area contributed by atoms with Crippen LogP contribution in [0.3, 0.4) is 0 Å². The molecule has 0 aromatic heterocycles. The Morgan fingerprint density at radius 1 is 1.21 bits per heavy atom. The van der Waals surface area contributed by atoms with Crippen LogP contribution in [0, 0.1) is 11.6 Å². The average Bonchev–Trinajstić information content (AvgIpc) is 3.57. The van der Waals surface area contributed by atoms with Gasteiger partial charge in [-0.2, -0.15) is 0 Å². The van der Waals surface area contributed by atoms with Crippen molar-refractivity contribution in [1.82, 2.24) is 0 Å². The first-order chi connectivity index (χ1) is 18.4. The van der Waals surface area contributed by atoms with Gasteiger partial charge in [-0.1, -0.05) is 19.1 Å². The maximum absolute atomic E-state index is 14.3. The minimum atomic E-state index is -1.03. The van der Waals surface area contributed by atoms with Crippen molar-refractivity contribution in [2.24, 2.45) is 9.98 Å². The highest BCUT2D eigenvalue weighted by Gasteiger charge is 2.39.